The number of hydrogen-bond acceptors (Lipinski definition) is 2. The topological polar surface area (TPSA) is 29.3 Å². The van der Waals surface area contributed by atoms with E-state index in [0.29, 0.717) is 12.0 Å². The summed E-state index contributed by atoms with van der Waals surface area (Å²) in [6.07, 6.45) is 2.55. The number of benzene rings is 1. The minimum absolute atomic E-state index is 0.638. The van der Waals surface area contributed by atoms with E-state index in [1.165, 1.54) is 12.8 Å². The van der Waals surface area contributed by atoms with Crippen LogP contribution in [-0.4, -0.2) is 12.6 Å². The van der Waals surface area contributed by atoms with Crippen LogP contribution in [0.4, 0.5) is 11.4 Å². The van der Waals surface area contributed by atoms with Crippen molar-refractivity contribution in [3.8, 4) is 0 Å². The Morgan fingerprint density at radius 2 is 2.12 bits per heavy atom. The number of hydrogen-bond donors (Lipinski definition) is 1. The van der Waals surface area contributed by atoms with Gasteiger partial charge in [-0.15, -0.1) is 0 Å². The summed E-state index contributed by atoms with van der Waals surface area (Å²) in [6, 6.07) is 6.40. The van der Waals surface area contributed by atoms with E-state index in [1.807, 2.05) is 18.2 Å². The Labute approximate surface area is 102 Å². The second-order valence-corrected chi connectivity index (χ2v) is 5.42. The van der Waals surface area contributed by atoms with Crippen molar-refractivity contribution in [3.63, 3.8) is 0 Å². The van der Waals surface area contributed by atoms with E-state index in [0.717, 1.165) is 22.9 Å². The molecule has 0 aromatic heterocycles. The van der Waals surface area contributed by atoms with Crippen LogP contribution in [0.5, 0.6) is 0 Å². The first-order valence-electron chi connectivity index (χ1n) is 5.89. The zero-order valence-corrected chi connectivity index (χ0v) is 10.7. The lowest BCUT2D eigenvalue weighted by Crippen LogP contribution is -2.30. The molecule has 1 aliphatic carbocycles. The van der Waals surface area contributed by atoms with Crippen molar-refractivity contribution < 1.29 is 0 Å². The molecule has 0 radical (unpaired) electrons. The standard InChI is InChI=1S/C13H19ClN2/c1-9(2)8-16(11-4-5-11)13-7-10(14)3-6-12(13)15/h3,6-7,9,11H,4-5,8,15H2,1-2H3. The average molecular weight is 239 g/mol. The number of nitrogens with two attached hydrogens (primary N) is 1. The maximum absolute atomic E-state index is 6.04. The van der Waals surface area contributed by atoms with Crippen molar-refractivity contribution in [2.45, 2.75) is 32.7 Å². The van der Waals surface area contributed by atoms with E-state index in [-0.39, 0.29) is 0 Å². The summed E-state index contributed by atoms with van der Waals surface area (Å²) >= 11 is 6.04. The predicted octanol–water partition coefficient (Wildman–Crippen LogP) is 3.55. The lowest BCUT2D eigenvalue weighted by atomic mass is 10.1. The molecule has 1 aliphatic rings. The van der Waals surface area contributed by atoms with Gasteiger partial charge in [0.2, 0.25) is 0 Å². The first-order valence-corrected chi connectivity index (χ1v) is 6.27. The first-order chi connectivity index (χ1) is 7.58. The number of nitrogen functional groups attached to an aromatic ring is 1. The van der Waals surface area contributed by atoms with Gasteiger partial charge in [0.05, 0.1) is 11.4 Å². The van der Waals surface area contributed by atoms with Gasteiger partial charge in [0.25, 0.3) is 0 Å². The van der Waals surface area contributed by atoms with E-state index in [4.69, 9.17) is 17.3 Å². The van der Waals surface area contributed by atoms with Crippen molar-refractivity contribution in [1.82, 2.24) is 0 Å². The first kappa shape index (κ1) is 11.6. The number of nitrogens with zero attached hydrogens (tertiary/aromatic N) is 1. The van der Waals surface area contributed by atoms with Crippen LogP contribution in [0, 0.1) is 5.92 Å². The third kappa shape index (κ3) is 2.62. The van der Waals surface area contributed by atoms with Crippen LogP contribution >= 0.6 is 11.6 Å². The quantitative estimate of drug-likeness (QED) is 0.813. The fourth-order valence-electron chi connectivity index (χ4n) is 1.99. The second kappa shape index (κ2) is 4.54. The van der Waals surface area contributed by atoms with E-state index < -0.39 is 0 Å². The maximum Gasteiger partial charge on any atom is 0.0617 e. The molecule has 0 spiro atoms. The molecule has 0 unspecified atom stereocenters. The highest BCUT2D eigenvalue weighted by Crippen LogP contribution is 2.36. The normalized spacial score (nSPS) is 15.5. The lowest BCUT2D eigenvalue weighted by Gasteiger charge is -2.28. The highest BCUT2D eigenvalue weighted by atomic mass is 35.5. The molecule has 0 saturated heterocycles. The molecule has 1 aromatic rings. The van der Waals surface area contributed by atoms with Crippen LogP contribution in [0.2, 0.25) is 5.02 Å². The lowest BCUT2D eigenvalue weighted by molar-refractivity contribution is 0.608. The highest BCUT2D eigenvalue weighted by molar-refractivity contribution is 6.31. The Balaban J connectivity index is 2.26. The van der Waals surface area contributed by atoms with Gasteiger partial charge in [-0.05, 0) is 37.0 Å². The molecular formula is C13H19ClN2. The molecule has 88 valence electrons. The molecule has 2 nitrogen and oxygen atoms in total. The number of rotatable bonds is 4. The zero-order chi connectivity index (χ0) is 11.7. The third-order valence-corrected chi connectivity index (χ3v) is 3.09. The molecule has 0 atom stereocenters. The van der Waals surface area contributed by atoms with Crippen molar-refractivity contribution in [3.05, 3.63) is 23.2 Å². The summed E-state index contributed by atoms with van der Waals surface area (Å²) in [4.78, 5) is 2.41. The van der Waals surface area contributed by atoms with Crippen LogP contribution in [0.15, 0.2) is 18.2 Å². The molecule has 0 heterocycles. The summed E-state index contributed by atoms with van der Waals surface area (Å²) < 4.78 is 0. The molecule has 0 bridgehead atoms. The molecule has 16 heavy (non-hydrogen) atoms. The van der Waals surface area contributed by atoms with Gasteiger partial charge in [0.15, 0.2) is 0 Å². The minimum Gasteiger partial charge on any atom is -0.397 e. The SMILES string of the molecule is CC(C)CN(c1cc(Cl)ccc1N)C1CC1. The van der Waals surface area contributed by atoms with Crippen molar-refractivity contribution in [2.24, 2.45) is 5.92 Å². The van der Waals surface area contributed by atoms with E-state index in [9.17, 15) is 0 Å². The van der Waals surface area contributed by atoms with Gasteiger partial charge in [-0.1, -0.05) is 25.4 Å². The fraction of sp³-hybridized carbons (Fsp3) is 0.538. The molecular weight excluding hydrogens is 220 g/mol. The summed E-state index contributed by atoms with van der Waals surface area (Å²) in [5.41, 5.74) is 7.96. The monoisotopic (exact) mass is 238 g/mol. The Bertz CT molecular complexity index is 372. The fourth-order valence-corrected chi connectivity index (χ4v) is 2.16. The minimum atomic E-state index is 0.638. The van der Waals surface area contributed by atoms with E-state index >= 15 is 0 Å². The van der Waals surface area contributed by atoms with Crippen molar-refractivity contribution >= 4 is 23.0 Å². The molecule has 0 aliphatic heterocycles. The number of halogens is 1. The van der Waals surface area contributed by atoms with Gasteiger partial charge < -0.3 is 10.6 Å². The van der Waals surface area contributed by atoms with Crippen LogP contribution in [0.1, 0.15) is 26.7 Å². The highest BCUT2D eigenvalue weighted by Gasteiger charge is 2.30. The van der Waals surface area contributed by atoms with Gasteiger partial charge in [0, 0.05) is 17.6 Å². The molecule has 2 N–H and O–H groups in total. The van der Waals surface area contributed by atoms with Crippen LogP contribution in [0.25, 0.3) is 0 Å². The average Bonchev–Trinajstić information content (AvgIpc) is 3.02. The summed E-state index contributed by atoms with van der Waals surface area (Å²) in [5, 5.41) is 0.763. The Morgan fingerprint density at radius 1 is 1.44 bits per heavy atom. The van der Waals surface area contributed by atoms with Gasteiger partial charge in [-0.2, -0.15) is 0 Å². The Morgan fingerprint density at radius 3 is 2.69 bits per heavy atom. The van der Waals surface area contributed by atoms with Gasteiger partial charge in [-0.3, -0.25) is 0 Å². The molecule has 1 fully saturated rings. The maximum atomic E-state index is 6.04. The zero-order valence-electron chi connectivity index (χ0n) is 9.91. The van der Waals surface area contributed by atoms with Gasteiger partial charge in [0.1, 0.15) is 0 Å². The second-order valence-electron chi connectivity index (χ2n) is 4.98. The third-order valence-electron chi connectivity index (χ3n) is 2.85. The Hall–Kier alpha value is -0.890. The van der Waals surface area contributed by atoms with Crippen molar-refractivity contribution in [1.29, 1.82) is 0 Å². The van der Waals surface area contributed by atoms with Crippen LogP contribution < -0.4 is 10.6 Å². The van der Waals surface area contributed by atoms with Crippen molar-refractivity contribution in [2.75, 3.05) is 17.2 Å². The molecule has 2 rings (SSSR count). The predicted molar refractivity (Wildman–Crippen MR) is 71.1 cm³/mol. The molecule has 1 aromatic carbocycles. The van der Waals surface area contributed by atoms with Crippen LogP contribution in [-0.2, 0) is 0 Å². The van der Waals surface area contributed by atoms with Gasteiger partial charge >= 0.3 is 0 Å². The Kier molecular flexibility index (Phi) is 3.29. The molecule has 0 amide bonds. The summed E-state index contributed by atoms with van der Waals surface area (Å²) in [5.74, 6) is 0.638. The molecule has 3 heteroatoms. The number of anilines is 2. The van der Waals surface area contributed by atoms with Gasteiger partial charge in [-0.25, -0.2) is 0 Å². The summed E-state index contributed by atoms with van der Waals surface area (Å²) in [7, 11) is 0. The summed E-state index contributed by atoms with van der Waals surface area (Å²) in [6.45, 7) is 5.52. The van der Waals surface area contributed by atoms with E-state index in [2.05, 4.69) is 18.7 Å². The van der Waals surface area contributed by atoms with E-state index in [1.54, 1.807) is 0 Å². The largest absolute Gasteiger partial charge is 0.397 e. The smallest absolute Gasteiger partial charge is 0.0617 e. The van der Waals surface area contributed by atoms with Crippen LogP contribution in [0.3, 0.4) is 0 Å². The molecule has 1 saturated carbocycles.